The van der Waals surface area contributed by atoms with Crippen molar-refractivity contribution in [2.24, 2.45) is 0 Å². The number of nitrogens with zero attached hydrogens (tertiary/aromatic N) is 3. The fraction of sp³-hybridized carbons (Fsp3) is 0.353. The second-order valence-corrected chi connectivity index (χ2v) is 5.49. The van der Waals surface area contributed by atoms with Crippen LogP contribution >= 0.6 is 0 Å². The first kappa shape index (κ1) is 14.5. The van der Waals surface area contributed by atoms with Gasteiger partial charge in [-0.2, -0.15) is 0 Å². The van der Waals surface area contributed by atoms with Crippen LogP contribution in [0.5, 0.6) is 0 Å². The minimum Gasteiger partial charge on any atom is -0.348 e. The minimum atomic E-state index is -0.144. The van der Waals surface area contributed by atoms with Gasteiger partial charge in [-0.05, 0) is 24.8 Å². The Morgan fingerprint density at radius 3 is 2.41 bits per heavy atom. The topological polar surface area (TPSA) is 58.1 Å². The van der Waals surface area contributed by atoms with E-state index in [9.17, 15) is 4.79 Å². The molecule has 1 amide bonds. The van der Waals surface area contributed by atoms with Crippen LogP contribution in [0.2, 0.25) is 0 Å². The largest absolute Gasteiger partial charge is 0.348 e. The standard InChI is InChI=1S/C17H20N4O/c22-16(18-11-14-7-3-1-4-8-14)15-12-19-17(20-13-15)21-9-5-2-6-10-21/h1,3-4,7-8,12-13H,2,5-6,9-11H2,(H,18,22). The molecule has 5 nitrogen and oxygen atoms in total. The number of benzene rings is 1. The van der Waals surface area contributed by atoms with E-state index in [1.54, 1.807) is 12.4 Å². The van der Waals surface area contributed by atoms with E-state index in [-0.39, 0.29) is 5.91 Å². The molecule has 114 valence electrons. The van der Waals surface area contributed by atoms with Crippen LogP contribution in [-0.4, -0.2) is 29.0 Å². The van der Waals surface area contributed by atoms with Crippen molar-refractivity contribution in [2.75, 3.05) is 18.0 Å². The van der Waals surface area contributed by atoms with Crippen molar-refractivity contribution in [1.29, 1.82) is 0 Å². The highest BCUT2D eigenvalue weighted by atomic mass is 16.1. The summed E-state index contributed by atoms with van der Waals surface area (Å²) in [6.45, 7) is 2.51. The molecule has 0 aliphatic carbocycles. The van der Waals surface area contributed by atoms with E-state index in [0.29, 0.717) is 12.1 Å². The molecule has 1 aliphatic heterocycles. The highest BCUT2D eigenvalue weighted by Gasteiger charge is 2.14. The summed E-state index contributed by atoms with van der Waals surface area (Å²) in [7, 11) is 0. The van der Waals surface area contributed by atoms with Crippen molar-refractivity contribution in [3.63, 3.8) is 0 Å². The molecule has 1 N–H and O–H groups in total. The zero-order chi connectivity index (χ0) is 15.2. The zero-order valence-electron chi connectivity index (χ0n) is 12.5. The highest BCUT2D eigenvalue weighted by Crippen LogP contribution is 2.14. The van der Waals surface area contributed by atoms with Gasteiger partial charge in [0.25, 0.3) is 5.91 Å². The monoisotopic (exact) mass is 296 g/mol. The maximum atomic E-state index is 12.1. The van der Waals surface area contributed by atoms with Gasteiger partial charge >= 0.3 is 0 Å². The number of carbonyl (C=O) groups is 1. The molecule has 0 radical (unpaired) electrons. The van der Waals surface area contributed by atoms with Crippen molar-refractivity contribution in [3.8, 4) is 0 Å². The fourth-order valence-corrected chi connectivity index (χ4v) is 2.58. The lowest BCUT2D eigenvalue weighted by Crippen LogP contribution is -2.31. The Hall–Kier alpha value is -2.43. The molecule has 1 fully saturated rings. The van der Waals surface area contributed by atoms with Gasteiger partial charge < -0.3 is 10.2 Å². The van der Waals surface area contributed by atoms with E-state index < -0.39 is 0 Å². The van der Waals surface area contributed by atoms with Gasteiger partial charge in [-0.25, -0.2) is 9.97 Å². The van der Waals surface area contributed by atoms with Crippen LogP contribution in [0.15, 0.2) is 42.7 Å². The molecule has 5 heteroatoms. The zero-order valence-corrected chi connectivity index (χ0v) is 12.5. The number of hydrogen-bond acceptors (Lipinski definition) is 4. The molecule has 0 unspecified atom stereocenters. The van der Waals surface area contributed by atoms with Crippen LogP contribution in [0, 0.1) is 0 Å². The van der Waals surface area contributed by atoms with Crippen molar-refractivity contribution < 1.29 is 4.79 Å². The Morgan fingerprint density at radius 2 is 1.73 bits per heavy atom. The third-order valence-corrected chi connectivity index (χ3v) is 3.84. The van der Waals surface area contributed by atoms with Gasteiger partial charge in [0.1, 0.15) is 0 Å². The number of nitrogens with one attached hydrogen (secondary N) is 1. The molecule has 1 aromatic carbocycles. The summed E-state index contributed by atoms with van der Waals surface area (Å²) in [6, 6.07) is 9.83. The van der Waals surface area contributed by atoms with Crippen LogP contribution in [0.25, 0.3) is 0 Å². The van der Waals surface area contributed by atoms with Crippen LogP contribution < -0.4 is 10.2 Å². The molecule has 1 aliphatic rings. The van der Waals surface area contributed by atoms with E-state index in [0.717, 1.165) is 24.6 Å². The number of amides is 1. The molecule has 1 saturated heterocycles. The predicted molar refractivity (Wildman–Crippen MR) is 85.7 cm³/mol. The number of rotatable bonds is 4. The second kappa shape index (κ2) is 7.02. The third kappa shape index (κ3) is 3.61. The second-order valence-electron chi connectivity index (χ2n) is 5.49. The summed E-state index contributed by atoms with van der Waals surface area (Å²) in [5.74, 6) is 0.577. The summed E-state index contributed by atoms with van der Waals surface area (Å²) in [4.78, 5) is 22.9. The van der Waals surface area contributed by atoms with Crippen molar-refractivity contribution in [3.05, 3.63) is 53.9 Å². The maximum Gasteiger partial charge on any atom is 0.254 e. The fourth-order valence-electron chi connectivity index (χ4n) is 2.58. The van der Waals surface area contributed by atoms with E-state index in [2.05, 4.69) is 20.2 Å². The first-order valence-electron chi connectivity index (χ1n) is 7.72. The Bertz CT molecular complexity index is 606. The van der Waals surface area contributed by atoms with Crippen LogP contribution in [-0.2, 0) is 6.54 Å². The molecule has 2 heterocycles. The molecule has 3 rings (SSSR count). The predicted octanol–water partition coefficient (Wildman–Crippen LogP) is 2.40. The Kier molecular flexibility index (Phi) is 4.63. The molecular formula is C17H20N4O. The number of carbonyl (C=O) groups excluding carboxylic acids is 1. The van der Waals surface area contributed by atoms with E-state index >= 15 is 0 Å². The molecule has 0 saturated carbocycles. The lowest BCUT2D eigenvalue weighted by atomic mass is 10.1. The lowest BCUT2D eigenvalue weighted by molar-refractivity contribution is 0.0950. The van der Waals surface area contributed by atoms with Gasteiger partial charge in [-0.15, -0.1) is 0 Å². The minimum absolute atomic E-state index is 0.144. The average Bonchev–Trinajstić information content (AvgIpc) is 2.61. The summed E-state index contributed by atoms with van der Waals surface area (Å²) < 4.78 is 0. The van der Waals surface area contributed by atoms with Gasteiger partial charge in [0.15, 0.2) is 0 Å². The average molecular weight is 296 g/mol. The molecule has 2 aromatic rings. The number of piperidine rings is 1. The number of hydrogen-bond donors (Lipinski definition) is 1. The van der Waals surface area contributed by atoms with Crippen LogP contribution in [0.1, 0.15) is 35.2 Å². The van der Waals surface area contributed by atoms with Crippen LogP contribution in [0.4, 0.5) is 5.95 Å². The van der Waals surface area contributed by atoms with E-state index in [4.69, 9.17) is 0 Å². The summed E-state index contributed by atoms with van der Waals surface area (Å²) in [5, 5.41) is 2.88. The van der Waals surface area contributed by atoms with Gasteiger partial charge in [-0.3, -0.25) is 4.79 Å². The first-order chi connectivity index (χ1) is 10.8. The van der Waals surface area contributed by atoms with Crippen molar-refractivity contribution >= 4 is 11.9 Å². The highest BCUT2D eigenvalue weighted by molar-refractivity contribution is 5.93. The quantitative estimate of drug-likeness (QED) is 0.941. The Balaban J connectivity index is 1.58. The third-order valence-electron chi connectivity index (χ3n) is 3.84. The van der Waals surface area contributed by atoms with E-state index in [1.165, 1.54) is 19.3 Å². The molecule has 0 bridgehead atoms. The van der Waals surface area contributed by atoms with Crippen LogP contribution in [0.3, 0.4) is 0 Å². The Labute approximate surface area is 130 Å². The summed E-state index contributed by atoms with van der Waals surface area (Å²) in [5.41, 5.74) is 1.57. The van der Waals surface area contributed by atoms with Crippen molar-refractivity contribution in [2.45, 2.75) is 25.8 Å². The Morgan fingerprint density at radius 1 is 1.05 bits per heavy atom. The molecular weight excluding hydrogens is 276 g/mol. The number of anilines is 1. The first-order valence-corrected chi connectivity index (χ1v) is 7.72. The maximum absolute atomic E-state index is 12.1. The molecule has 1 aromatic heterocycles. The number of aromatic nitrogens is 2. The SMILES string of the molecule is O=C(NCc1ccccc1)c1cnc(N2CCCCC2)nc1. The molecule has 0 atom stereocenters. The lowest BCUT2D eigenvalue weighted by Gasteiger charge is -2.26. The molecule has 0 spiro atoms. The van der Waals surface area contributed by atoms with Gasteiger partial charge in [0, 0.05) is 32.0 Å². The van der Waals surface area contributed by atoms with Gasteiger partial charge in [-0.1, -0.05) is 30.3 Å². The smallest absolute Gasteiger partial charge is 0.254 e. The van der Waals surface area contributed by atoms with Gasteiger partial charge in [0.05, 0.1) is 5.56 Å². The molecule has 22 heavy (non-hydrogen) atoms. The normalized spacial score (nSPS) is 14.6. The van der Waals surface area contributed by atoms with Crippen molar-refractivity contribution in [1.82, 2.24) is 15.3 Å². The van der Waals surface area contributed by atoms with E-state index in [1.807, 2.05) is 30.3 Å². The summed E-state index contributed by atoms with van der Waals surface area (Å²) in [6.07, 6.45) is 6.86. The van der Waals surface area contributed by atoms with Gasteiger partial charge in [0.2, 0.25) is 5.95 Å². The summed E-state index contributed by atoms with van der Waals surface area (Å²) >= 11 is 0.